The molecule has 36 heavy (non-hydrogen) atoms. The number of carbonyl (C=O) groups is 2. The second kappa shape index (κ2) is 12.3. The Morgan fingerprint density at radius 3 is 2.25 bits per heavy atom. The Morgan fingerprint density at radius 1 is 0.944 bits per heavy atom. The number of morpholine rings is 1. The number of benzene rings is 2. The van der Waals surface area contributed by atoms with E-state index in [0.717, 1.165) is 13.1 Å². The highest BCUT2D eigenvalue weighted by atomic mass is 35.5. The normalized spacial score (nSPS) is 18.6. The van der Waals surface area contributed by atoms with Crippen LogP contribution in [0.3, 0.4) is 0 Å². The molecule has 0 N–H and O–H groups in total. The lowest BCUT2D eigenvalue weighted by molar-refractivity contribution is -0.141. The number of hydrogen-bond donors (Lipinski definition) is 0. The first kappa shape index (κ1) is 26.1. The highest BCUT2D eigenvalue weighted by molar-refractivity contribution is 6.30. The summed E-state index contributed by atoms with van der Waals surface area (Å²) >= 11 is 5.89. The van der Waals surface area contributed by atoms with Crippen LogP contribution in [0.25, 0.3) is 0 Å². The molecule has 1 unspecified atom stereocenters. The molecule has 4 rings (SSSR count). The van der Waals surface area contributed by atoms with Crippen LogP contribution >= 0.6 is 11.6 Å². The Bertz CT molecular complexity index is 1020. The first-order valence-corrected chi connectivity index (χ1v) is 12.4. The maximum Gasteiger partial charge on any atom is 0.261 e. The third kappa shape index (κ3) is 6.40. The molecule has 2 amide bonds. The van der Waals surface area contributed by atoms with Gasteiger partial charge in [-0.25, -0.2) is 0 Å². The molecule has 0 bridgehead atoms. The van der Waals surface area contributed by atoms with Gasteiger partial charge in [0.15, 0.2) is 6.61 Å². The minimum Gasteiger partial charge on any atom is -0.496 e. The molecule has 0 aliphatic carbocycles. The van der Waals surface area contributed by atoms with Crippen molar-refractivity contribution in [3.63, 3.8) is 0 Å². The molecule has 2 aromatic carbocycles. The van der Waals surface area contributed by atoms with Gasteiger partial charge in [0.1, 0.15) is 22.8 Å². The molecule has 2 aliphatic rings. The fourth-order valence-corrected chi connectivity index (χ4v) is 4.59. The zero-order valence-electron chi connectivity index (χ0n) is 20.7. The van der Waals surface area contributed by atoms with Crippen molar-refractivity contribution in [3.8, 4) is 17.2 Å². The van der Waals surface area contributed by atoms with E-state index in [0.29, 0.717) is 67.2 Å². The molecule has 2 fully saturated rings. The monoisotopic (exact) mass is 517 g/mol. The summed E-state index contributed by atoms with van der Waals surface area (Å²) in [4.78, 5) is 31.8. The number of methoxy groups -OCH3 is 2. The molecule has 0 radical (unpaired) electrons. The molecule has 10 heteroatoms. The van der Waals surface area contributed by atoms with Crippen molar-refractivity contribution in [3.05, 3.63) is 53.1 Å². The number of piperazine rings is 1. The zero-order valence-corrected chi connectivity index (χ0v) is 21.4. The summed E-state index contributed by atoms with van der Waals surface area (Å²) in [6.07, 6.45) is -0.0882. The minimum atomic E-state index is -0.102. The summed E-state index contributed by atoms with van der Waals surface area (Å²) in [5.41, 5.74) is 0.446. The molecular formula is C26H32ClN3O6. The SMILES string of the molecule is COc1cccc(OC)c1C(=O)N1CCN(CC2CN(C(=O)COc3ccc(Cl)cc3)CCO2)CC1. The molecule has 194 valence electrons. The Hall–Kier alpha value is -3.01. The van der Waals surface area contributed by atoms with Crippen molar-refractivity contribution in [1.29, 1.82) is 0 Å². The van der Waals surface area contributed by atoms with Gasteiger partial charge in [-0.15, -0.1) is 0 Å². The second-order valence-electron chi connectivity index (χ2n) is 8.71. The summed E-state index contributed by atoms with van der Waals surface area (Å²) < 4.78 is 22.3. The van der Waals surface area contributed by atoms with Gasteiger partial charge in [0, 0.05) is 50.8 Å². The van der Waals surface area contributed by atoms with Crippen LogP contribution < -0.4 is 14.2 Å². The molecular weight excluding hydrogens is 486 g/mol. The number of amides is 2. The first-order valence-electron chi connectivity index (χ1n) is 12.0. The predicted molar refractivity (Wildman–Crippen MR) is 135 cm³/mol. The van der Waals surface area contributed by atoms with Gasteiger partial charge in [-0.1, -0.05) is 17.7 Å². The minimum absolute atomic E-state index is 0.0262. The molecule has 2 saturated heterocycles. The number of halogens is 1. The molecule has 0 spiro atoms. The summed E-state index contributed by atoms with van der Waals surface area (Å²) in [5.74, 6) is 1.44. The standard InChI is InChI=1S/C26H32ClN3O6/c1-33-22-4-3-5-23(34-2)25(22)26(32)29-12-10-28(11-13-29)16-21-17-30(14-15-35-21)24(31)18-36-20-8-6-19(27)7-9-20/h3-9,21H,10-18H2,1-2H3. The largest absolute Gasteiger partial charge is 0.496 e. The maximum atomic E-state index is 13.2. The van der Waals surface area contributed by atoms with Gasteiger partial charge in [0.25, 0.3) is 11.8 Å². The van der Waals surface area contributed by atoms with Crippen LogP contribution in [0.1, 0.15) is 10.4 Å². The van der Waals surface area contributed by atoms with Crippen molar-refractivity contribution >= 4 is 23.4 Å². The quantitative estimate of drug-likeness (QED) is 0.532. The van der Waals surface area contributed by atoms with Crippen LogP contribution in [-0.4, -0.2) is 106 Å². The Balaban J connectivity index is 1.25. The number of nitrogens with zero attached hydrogens (tertiary/aromatic N) is 3. The van der Waals surface area contributed by atoms with Gasteiger partial charge in [-0.05, 0) is 36.4 Å². The topological polar surface area (TPSA) is 80.8 Å². The van der Waals surface area contributed by atoms with E-state index in [1.165, 1.54) is 0 Å². The Labute approximate surface area is 216 Å². The zero-order chi connectivity index (χ0) is 25.5. The van der Waals surface area contributed by atoms with E-state index >= 15 is 0 Å². The van der Waals surface area contributed by atoms with E-state index in [1.807, 2.05) is 4.90 Å². The van der Waals surface area contributed by atoms with Crippen LogP contribution in [0.2, 0.25) is 5.02 Å². The van der Waals surface area contributed by atoms with Crippen molar-refractivity contribution in [1.82, 2.24) is 14.7 Å². The van der Waals surface area contributed by atoms with Crippen LogP contribution in [-0.2, 0) is 9.53 Å². The summed E-state index contributed by atoms with van der Waals surface area (Å²) in [6, 6.07) is 12.3. The van der Waals surface area contributed by atoms with Crippen molar-refractivity contribution < 1.29 is 28.5 Å². The average Bonchev–Trinajstić information content (AvgIpc) is 2.92. The van der Waals surface area contributed by atoms with E-state index in [1.54, 1.807) is 61.6 Å². The van der Waals surface area contributed by atoms with Crippen LogP contribution in [0.4, 0.5) is 0 Å². The Kier molecular flexibility index (Phi) is 8.90. The number of hydrogen-bond acceptors (Lipinski definition) is 7. The van der Waals surface area contributed by atoms with Crippen LogP contribution in [0, 0.1) is 0 Å². The summed E-state index contributed by atoms with van der Waals surface area (Å²) in [7, 11) is 3.09. The lowest BCUT2D eigenvalue weighted by Gasteiger charge is -2.39. The number of ether oxygens (including phenoxy) is 4. The van der Waals surface area contributed by atoms with Gasteiger partial charge >= 0.3 is 0 Å². The van der Waals surface area contributed by atoms with Gasteiger partial charge < -0.3 is 28.7 Å². The molecule has 9 nitrogen and oxygen atoms in total. The molecule has 2 aliphatic heterocycles. The lowest BCUT2D eigenvalue weighted by Crippen LogP contribution is -2.54. The summed E-state index contributed by atoms with van der Waals surface area (Å²) in [5, 5.41) is 0.620. The highest BCUT2D eigenvalue weighted by Gasteiger charge is 2.30. The van der Waals surface area contributed by atoms with E-state index in [9.17, 15) is 9.59 Å². The molecule has 2 aromatic rings. The van der Waals surface area contributed by atoms with E-state index in [4.69, 9.17) is 30.5 Å². The van der Waals surface area contributed by atoms with E-state index in [-0.39, 0.29) is 24.5 Å². The van der Waals surface area contributed by atoms with E-state index in [2.05, 4.69) is 4.90 Å². The molecule has 0 saturated carbocycles. The van der Waals surface area contributed by atoms with Crippen molar-refractivity contribution in [2.75, 3.05) is 73.2 Å². The third-order valence-electron chi connectivity index (χ3n) is 6.43. The first-order chi connectivity index (χ1) is 17.5. The summed E-state index contributed by atoms with van der Waals surface area (Å²) in [6.45, 7) is 4.83. The Morgan fingerprint density at radius 2 is 1.61 bits per heavy atom. The molecule has 2 heterocycles. The number of carbonyl (C=O) groups excluding carboxylic acids is 2. The average molecular weight is 518 g/mol. The maximum absolute atomic E-state index is 13.2. The predicted octanol–water partition coefficient (Wildman–Crippen LogP) is 2.42. The third-order valence-corrected chi connectivity index (χ3v) is 6.68. The van der Waals surface area contributed by atoms with Gasteiger partial charge in [-0.2, -0.15) is 0 Å². The highest BCUT2D eigenvalue weighted by Crippen LogP contribution is 2.30. The number of rotatable bonds is 8. The van der Waals surface area contributed by atoms with Crippen molar-refractivity contribution in [2.45, 2.75) is 6.10 Å². The van der Waals surface area contributed by atoms with Gasteiger partial charge in [-0.3, -0.25) is 14.5 Å². The second-order valence-corrected chi connectivity index (χ2v) is 9.14. The molecule has 0 aromatic heterocycles. The van der Waals surface area contributed by atoms with Gasteiger partial charge in [0.2, 0.25) is 0 Å². The van der Waals surface area contributed by atoms with Crippen LogP contribution in [0.15, 0.2) is 42.5 Å². The fourth-order valence-electron chi connectivity index (χ4n) is 4.47. The fraction of sp³-hybridized carbons (Fsp3) is 0.462. The smallest absolute Gasteiger partial charge is 0.261 e. The lowest BCUT2D eigenvalue weighted by atomic mass is 10.1. The van der Waals surface area contributed by atoms with Gasteiger partial charge in [0.05, 0.1) is 26.9 Å². The van der Waals surface area contributed by atoms with Crippen LogP contribution in [0.5, 0.6) is 17.2 Å². The van der Waals surface area contributed by atoms with E-state index < -0.39 is 0 Å². The molecule has 1 atom stereocenters. The van der Waals surface area contributed by atoms with Crippen molar-refractivity contribution in [2.24, 2.45) is 0 Å².